The lowest BCUT2D eigenvalue weighted by molar-refractivity contribution is -0.135. The van der Waals surface area contributed by atoms with Crippen LogP contribution >= 0.6 is 0 Å². The predicted octanol–water partition coefficient (Wildman–Crippen LogP) is 0.817. The first-order valence-corrected chi connectivity index (χ1v) is 9.74. The molecule has 0 aliphatic carbocycles. The van der Waals surface area contributed by atoms with Crippen LogP contribution in [0.1, 0.15) is 36.8 Å². The molecule has 0 radical (unpaired) electrons. The molecule has 1 aromatic carbocycles. The van der Waals surface area contributed by atoms with Gasteiger partial charge in [-0.2, -0.15) is 0 Å². The van der Waals surface area contributed by atoms with Crippen LogP contribution < -0.4 is 16.4 Å². The van der Waals surface area contributed by atoms with Crippen molar-refractivity contribution in [3.05, 3.63) is 29.3 Å². The van der Waals surface area contributed by atoms with Gasteiger partial charge in [0.15, 0.2) is 0 Å². The maximum atomic E-state index is 12.5. The van der Waals surface area contributed by atoms with E-state index >= 15 is 0 Å². The molecule has 4 N–H and O–H groups in total. The van der Waals surface area contributed by atoms with Gasteiger partial charge in [0.1, 0.15) is 0 Å². The number of nitrogens with zero attached hydrogens (tertiary/aromatic N) is 1. The molecule has 1 fully saturated rings. The molecule has 1 aromatic rings. The van der Waals surface area contributed by atoms with Crippen molar-refractivity contribution in [1.29, 1.82) is 0 Å². The summed E-state index contributed by atoms with van der Waals surface area (Å²) in [5.41, 5.74) is 8.50. The fourth-order valence-corrected chi connectivity index (χ4v) is 3.80. The minimum absolute atomic E-state index is 0.000697. The molecule has 3 amide bonds. The second-order valence-corrected chi connectivity index (χ2v) is 7.33. The molecule has 7 heteroatoms. The fraction of sp³-hybridized carbons (Fsp3) is 0.550. The van der Waals surface area contributed by atoms with Crippen molar-refractivity contribution in [2.24, 2.45) is 11.7 Å². The minimum atomic E-state index is -0.129. The van der Waals surface area contributed by atoms with Crippen molar-refractivity contribution < 1.29 is 14.4 Å². The number of piperidine rings is 1. The maximum absolute atomic E-state index is 12.5. The zero-order chi connectivity index (χ0) is 19.2. The van der Waals surface area contributed by atoms with E-state index in [1.54, 1.807) is 0 Å². The average molecular weight is 372 g/mol. The molecule has 0 saturated carbocycles. The molecule has 2 aliphatic rings. The van der Waals surface area contributed by atoms with Crippen LogP contribution in [0.2, 0.25) is 0 Å². The van der Waals surface area contributed by atoms with Crippen LogP contribution in [0.15, 0.2) is 18.2 Å². The van der Waals surface area contributed by atoms with Crippen molar-refractivity contribution in [2.45, 2.75) is 38.5 Å². The van der Waals surface area contributed by atoms with E-state index < -0.39 is 0 Å². The van der Waals surface area contributed by atoms with Gasteiger partial charge in [-0.25, -0.2) is 0 Å². The number of fused-ring (bicyclic) bond motifs is 1. The van der Waals surface area contributed by atoms with Gasteiger partial charge < -0.3 is 21.3 Å². The van der Waals surface area contributed by atoms with Crippen LogP contribution in [0.3, 0.4) is 0 Å². The van der Waals surface area contributed by atoms with Gasteiger partial charge in [0.05, 0.1) is 12.3 Å². The van der Waals surface area contributed by atoms with Gasteiger partial charge in [-0.05, 0) is 42.9 Å². The average Bonchev–Trinajstić information content (AvgIpc) is 3.05. The molecular formula is C20H28N4O3. The smallest absolute Gasteiger partial charge is 0.228 e. The molecule has 2 aliphatic heterocycles. The van der Waals surface area contributed by atoms with Crippen LogP contribution in [-0.4, -0.2) is 48.8 Å². The van der Waals surface area contributed by atoms with E-state index in [4.69, 9.17) is 5.73 Å². The van der Waals surface area contributed by atoms with Gasteiger partial charge in [-0.3, -0.25) is 14.4 Å². The van der Waals surface area contributed by atoms with Gasteiger partial charge in [0.2, 0.25) is 17.7 Å². The first-order valence-electron chi connectivity index (χ1n) is 9.74. The Morgan fingerprint density at radius 1 is 1.33 bits per heavy atom. The third-order valence-electron chi connectivity index (χ3n) is 5.24. The van der Waals surface area contributed by atoms with Crippen LogP contribution in [0.25, 0.3) is 0 Å². The van der Waals surface area contributed by atoms with E-state index in [9.17, 15) is 14.4 Å². The van der Waals surface area contributed by atoms with Gasteiger partial charge in [0, 0.05) is 38.3 Å². The lowest BCUT2D eigenvalue weighted by atomic mass is 9.96. The van der Waals surface area contributed by atoms with Crippen molar-refractivity contribution in [1.82, 2.24) is 10.2 Å². The molecule has 2 heterocycles. The normalized spacial score (nSPS) is 18.8. The molecule has 27 heavy (non-hydrogen) atoms. The van der Waals surface area contributed by atoms with Gasteiger partial charge in [-0.1, -0.05) is 12.1 Å². The summed E-state index contributed by atoms with van der Waals surface area (Å²) >= 11 is 0. The molecule has 1 atom stereocenters. The number of likely N-dealkylation sites (tertiary alicyclic amines) is 1. The van der Waals surface area contributed by atoms with E-state index in [1.807, 2.05) is 17.0 Å². The van der Waals surface area contributed by atoms with E-state index in [1.165, 1.54) is 0 Å². The summed E-state index contributed by atoms with van der Waals surface area (Å²) in [6, 6.07) is 6.00. The molecule has 1 saturated heterocycles. The number of hydrogen-bond acceptors (Lipinski definition) is 4. The summed E-state index contributed by atoms with van der Waals surface area (Å²) in [6.45, 7) is 2.13. The molecule has 3 rings (SSSR count). The van der Waals surface area contributed by atoms with E-state index in [0.717, 1.165) is 49.0 Å². The monoisotopic (exact) mass is 372 g/mol. The Bertz CT molecular complexity index is 719. The molecule has 0 spiro atoms. The van der Waals surface area contributed by atoms with Crippen LogP contribution in [0.5, 0.6) is 0 Å². The number of carbonyl (C=O) groups excluding carboxylic acids is 3. The highest BCUT2D eigenvalue weighted by molar-refractivity contribution is 5.99. The highest BCUT2D eigenvalue weighted by atomic mass is 16.2. The lowest BCUT2D eigenvalue weighted by Crippen LogP contribution is -2.46. The van der Waals surface area contributed by atoms with Crippen LogP contribution in [0.4, 0.5) is 5.69 Å². The number of nitrogens with one attached hydrogen (secondary N) is 2. The largest absolute Gasteiger partial charge is 0.355 e. The lowest BCUT2D eigenvalue weighted by Gasteiger charge is -2.32. The molecule has 0 bridgehead atoms. The fourth-order valence-electron chi connectivity index (χ4n) is 3.80. The van der Waals surface area contributed by atoms with Gasteiger partial charge >= 0.3 is 0 Å². The summed E-state index contributed by atoms with van der Waals surface area (Å²) in [5.74, 6) is 0.0204. The number of nitrogens with two attached hydrogens (primary N) is 1. The summed E-state index contributed by atoms with van der Waals surface area (Å²) in [7, 11) is 0. The predicted molar refractivity (Wildman–Crippen MR) is 103 cm³/mol. The van der Waals surface area contributed by atoms with Crippen LogP contribution in [-0.2, 0) is 27.2 Å². The molecular weight excluding hydrogens is 344 g/mol. The Morgan fingerprint density at radius 2 is 2.19 bits per heavy atom. The second kappa shape index (κ2) is 8.99. The highest BCUT2D eigenvalue weighted by Gasteiger charge is 2.27. The number of aryl methyl sites for hydroxylation is 1. The van der Waals surface area contributed by atoms with Gasteiger partial charge in [-0.15, -0.1) is 0 Å². The zero-order valence-corrected chi connectivity index (χ0v) is 15.6. The number of hydrogen-bond donors (Lipinski definition) is 3. The maximum Gasteiger partial charge on any atom is 0.228 e. The highest BCUT2D eigenvalue weighted by Crippen LogP contribution is 2.24. The van der Waals surface area contributed by atoms with Crippen molar-refractivity contribution in [3.8, 4) is 0 Å². The topological polar surface area (TPSA) is 105 Å². The van der Waals surface area contributed by atoms with Gasteiger partial charge in [0.25, 0.3) is 0 Å². The molecule has 0 aromatic heterocycles. The summed E-state index contributed by atoms with van der Waals surface area (Å²) in [4.78, 5) is 37.9. The summed E-state index contributed by atoms with van der Waals surface area (Å²) in [6.07, 6.45) is 4.16. The molecule has 146 valence electrons. The Kier molecular flexibility index (Phi) is 6.45. The van der Waals surface area contributed by atoms with Crippen molar-refractivity contribution >= 4 is 23.4 Å². The number of amides is 3. The SMILES string of the molecule is NCCNC(=O)C1CCCN(C(=O)CCCc2ccc3c(c2)CC(=O)N3)C1. The summed E-state index contributed by atoms with van der Waals surface area (Å²) < 4.78 is 0. The van der Waals surface area contributed by atoms with E-state index in [2.05, 4.69) is 16.7 Å². The summed E-state index contributed by atoms with van der Waals surface area (Å²) in [5, 5.41) is 5.65. The Morgan fingerprint density at radius 3 is 3.00 bits per heavy atom. The van der Waals surface area contributed by atoms with E-state index in [0.29, 0.717) is 32.5 Å². The number of rotatable bonds is 7. The Hall–Kier alpha value is -2.41. The van der Waals surface area contributed by atoms with E-state index in [-0.39, 0.29) is 23.6 Å². The van der Waals surface area contributed by atoms with Crippen molar-refractivity contribution in [3.63, 3.8) is 0 Å². The third kappa shape index (κ3) is 5.07. The quantitative estimate of drug-likeness (QED) is 0.659. The van der Waals surface area contributed by atoms with Crippen molar-refractivity contribution in [2.75, 3.05) is 31.5 Å². The zero-order valence-electron chi connectivity index (χ0n) is 15.6. The third-order valence-corrected chi connectivity index (χ3v) is 5.24. The second-order valence-electron chi connectivity index (χ2n) is 7.33. The first kappa shape index (κ1) is 19.4. The number of carbonyl (C=O) groups is 3. The first-order chi connectivity index (χ1) is 13.1. The Balaban J connectivity index is 1.44. The van der Waals surface area contributed by atoms with Crippen LogP contribution in [0, 0.1) is 5.92 Å². The molecule has 1 unspecified atom stereocenters. The Labute approximate surface area is 159 Å². The molecule has 7 nitrogen and oxygen atoms in total. The minimum Gasteiger partial charge on any atom is -0.355 e. The standard InChI is InChI=1S/C20H28N4O3/c21-8-9-22-20(27)15-4-2-10-24(13-15)19(26)5-1-3-14-6-7-17-16(11-14)12-18(25)23-17/h6-7,11,15H,1-5,8-10,12-13,21H2,(H,22,27)(H,23,25). The number of anilines is 1. The number of benzene rings is 1.